The predicted octanol–water partition coefficient (Wildman–Crippen LogP) is 3.57. The van der Waals surface area contributed by atoms with Crippen molar-refractivity contribution in [2.24, 2.45) is 5.73 Å². The molecule has 2 rings (SSSR count). The van der Waals surface area contributed by atoms with Crippen molar-refractivity contribution in [2.45, 2.75) is 51.2 Å². The summed E-state index contributed by atoms with van der Waals surface area (Å²) in [5.74, 6) is 0.853. The second-order valence-electron chi connectivity index (χ2n) is 5.22. The fourth-order valence-electron chi connectivity index (χ4n) is 2.62. The zero-order chi connectivity index (χ0) is 14.0. The highest BCUT2D eigenvalue weighted by Crippen LogP contribution is 2.30. The van der Waals surface area contributed by atoms with Crippen LogP contribution in [0.25, 0.3) is 0 Å². The van der Waals surface area contributed by atoms with E-state index in [-0.39, 0.29) is 6.04 Å². The van der Waals surface area contributed by atoms with E-state index in [0.29, 0.717) is 23.3 Å². The summed E-state index contributed by atoms with van der Waals surface area (Å²) in [6, 6.07) is 3.03. The Balaban J connectivity index is 2.09. The van der Waals surface area contributed by atoms with E-state index in [2.05, 4.69) is 56.1 Å². The number of nitrogens with zero attached hydrogens (tertiary/aromatic N) is 1. The highest BCUT2D eigenvalue weighted by atomic mass is 79.9. The van der Waals surface area contributed by atoms with Gasteiger partial charge in [0.25, 0.3) is 0 Å². The molecule has 0 aliphatic carbocycles. The van der Waals surface area contributed by atoms with Crippen molar-refractivity contribution in [3.63, 3.8) is 0 Å². The number of nitrogens with one attached hydrogen (secondary N) is 1. The maximum absolute atomic E-state index is 5.89. The van der Waals surface area contributed by atoms with Crippen LogP contribution in [0.1, 0.15) is 44.9 Å². The molecule has 1 fully saturated rings. The van der Waals surface area contributed by atoms with E-state index in [1.807, 2.05) is 6.07 Å². The molecule has 3 N–H and O–H groups in total. The summed E-state index contributed by atoms with van der Waals surface area (Å²) < 4.78 is 7.31. The van der Waals surface area contributed by atoms with Gasteiger partial charge in [0.1, 0.15) is 5.76 Å². The Hall–Kier alpha value is 0.120. The molecule has 0 bridgehead atoms. The first-order chi connectivity index (χ1) is 9.02. The number of rotatable bonds is 4. The number of nitrogens with two attached hydrogens (primary N) is 1. The molecule has 0 radical (unpaired) electrons. The summed E-state index contributed by atoms with van der Waals surface area (Å²) in [4.78, 5) is 0. The van der Waals surface area contributed by atoms with E-state index in [9.17, 15) is 0 Å². The van der Waals surface area contributed by atoms with E-state index < -0.39 is 0 Å². The second kappa shape index (κ2) is 6.72. The largest absolute Gasteiger partial charge is 0.451 e. The number of furan rings is 1. The average molecular weight is 395 g/mol. The van der Waals surface area contributed by atoms with Gasteiger partial charge in [0.2, 0.25) is 0 Å². The molecule has 0 amide bonds. The van der Waals surface area contributed by atoms with Gasteiger partial charge in [-0.1, -0.05) is 6.42 Å². The van der Waals surface area contributed by atoms with Crippen LogP contribution < -0.4 is 11.2 Å². The number of hydrogen-bond acceptors (Lipinski definition) is 4. The summed E-state index contributed by atoms with van der Waals surface area (Å²) in [5.41, 5.74) is 9.43. The Morgan fingerprint density at radius 1 is 1.42 bits per heavy atom. The van der Waals surface area contributed by atoms with Crippen molar-refractivity contribution in [3.8, 4) is 0 Å². The Bertz CT molecular complexity index is 395. The molecule has 108 valence electrons. The van der Waals surface area contributed by atoms with E-state index in [4.69, 9.17) is 10.2 Å². The Morgan fingerprint density at radius 3 is 2.53 bits per heavy atom. The smallest absolute Gasteiger partial charge is 0.183 e. The summed E-state index contributed by atoms with van der Waals surface area (Å²) in [7, 11) is 0. The van der Waals surface area contributed by atoms with Crippen LogP contribution in [0.3, 0.4) is 0 Å². The maximum atomic E-state index is 5.89. The number of hydrogen-bond donors (Lipinski definition) is 2. The van der Waals surface area contributed by atoms with Crippen LogP contribution in [-0.2, 0) is 0 Å². The monoisotopic (exact) mass is 393 g/mol. The van der Waals surface area contributed by atoms with Gasteiger partial charge in [-0.05, 0) is 64.6 Å². The summed E-state index contributed by atoms with van der Waals surface area (Å²) in [5, 5.41) is 2.32. The van der Waals surface area contributed by atoms with Crippen molar-refractivity contribution in [3.05, 3.63) is 21.0 Å². The Morgan fingerprint density at radius 2 is 2.05 bits per heavy atom. The SMILES string of the molecule is CC1CCCC(C)N1NC(CN)c1cc(Br)c(Br)o1. The van der Waals surface area contributed by atoms with Crippen molar-refractivity contribution in [2.75, 3.05) is 6.54 Å². The third kappa shape index (κ3) is 3.61. The van der Waals surface area contributed by atoms with Crippen LogP contribution in [0.5, 0.6) is 0 Å². The third-order valence-electron chi connectivity index (χ3n) is 3.74. The average Bonchev–Trinajstić information content (AvgIpc) is 2.69. The molecule has 1 aliphatic rings. The van der Waals surface area contributed by atoms with Gasteiger partial charge in [-0.25, -0.2) is 10.4 Å². The molecule has 3 atom stereocenters. The topological polar surface area (TPSA) is 54.4 Å². The van der Waals surface area contributed by atoms with E-state index in [0.717, 1.165) is 10.2 Å². The predicted molar refractivity (Wildman–Crippen MR) is 83.7 cm³/mol. The molecule has 1 aliphatic heterocycles. The molecule has 19 heavy (non-hydrogen) atoms. The summed E-state index contributed by atoms with van der Waals surface area (Å²) >= 11 is 6.81. The van der Waals surface area contributed by atoms with Crippen molar-refractivity contribution in [1.82, 2.24) is 10.4 Å². The molecule has 0 saturated carbocycles. The lowest BCUT2D eigenvalue weighted by Gasteiger charge is -2.40. The van der Waals surface area contributed by atoms with E-state index in [1.54, 1.807) is 0 Å². The van der Waals surface area contributed by atoms with Gasteiger partial charge in [-0.2, -0.15) is 0 Å². The lowest BCUT2D eigenvalue weighted by molar-refractivity contribution is 0.0268. The van der Waals surface area contributed by atoms with Crippen molar-refractivity contribution < 1.29 is 4.42 Å². The maximum Gasteiger partial charge on any atom is 0.183 e. The normalized spacial score (nSPS) is 26.6. The molecule has 6 heteroatoms. The first kappa shape index (κ1) is 15.5. The Kier molecular flexibility index (Phi) is 5.48. The summed E-state index contributed by atoms with van der Waals surface area (Å²) in [6.07, 6.45) is 3.74. The fourth-order valence-corrected chi connectivity index (χ4v) is 3.23. The molecule has 1 aromatic rings. The second-order valence-corrected chi connectivity index (χ2v) is 6.80. The highest BCUT2D eigenvalue weighted by Gasteiger charge is 2.28. The van der Waals surface area contributed by atoms with Gasteiger partial charge < -0.3 is 10.2 Å². The minimum Gasteiger partial charge on any atom is -0.451 e. The van der Waals surface area contributed by atoms with Gasteiger partial charge in [0, 0.05) is 18.6 Å². The Labute approximate surface area is 131 Å². The molecule has 0 aromatic carbocycles. The first-order valence-electron chi connectivity index (χ1n) is 6.72. The number of piperidine rings is 1. The molecule has 1 aromatic heterocycles. The van der Waals surface area contributed by atoms with Gasteiger partial charge >= 0.3 is 0 Å². The minimum absolute atomic E-state index is 0.00519. The molecule has 0 spiro atoms. The van der Waals surface area contributed by atoms with Crippen LogP contribution >= 0.6 is 31.9 Å². The molecule has 4 nitrogen and oxygen atoms in total. The molecular formula is C13H21Br2N3O. The zero-order valence-electron chi connectivity index (χ0n) is 11.3. The molecule has 3 unspecified atom stereocenters. The van der Waals surface area contributed by atoms with E-state index >= 15 is 0 Å². The molecule has 2 heterocycles. The van der Waals surface area contributed by atoms with Crippen molar-refractivity contribution in [1.29, 1.82) is 0 Å². The molecular weight excluding hydrogens is 374 g/mol. The fraction of sp³-hybridized carbons (Fsp3) is 0.692. The van der Waals surface area contributed by atoms with E-state index in [1.165, 1.54) is 19.3 Å². The number of hydrazine groups is 1. The lowest BCUT2D eigenvalue weighted by atomic mass is 9.99. The quantitative estimate of drug-likeness (QED) is 0.819. The van der Waals surface area contributed by atoms with Crippen LogP contribution in [0, 0.1) is 0 Å². The summed E-state index contributed by atoms with van der Waals surface area (Å²) in [6.45, 7) is 5.01. The van der Waals surface area contributed by atoms with Crippen LogP contribution in [0.15, 0.2) is 19.6 Å². The van der Waals surface area contributed by atoms with Gasteiger partial charge in [0.15, 0.2) is 4.67 Å². The van der Waals surface area contributed by atoms with Crippen molar-refractivity contribution >= 4 is 31.9 Å². The van der Waals surface area contributed by atoms with Crippen LogP contribution in [0.2, 0.25) is 0 Å². The highest BCUT2D eigenvalue weighted by molar-refractivity contribution is 9.13. The number of halogens is 2. The minimum atomic E-state index is 0.00519. The van der Waals surface area contributed by atoms with Gasteiger partial charge in [-0.15, -0.1) is 0 Å². The zero-order valence-corrected chi connectivity index (χ0v) is 14.5. The van der Waals surface area contributed by atoms with Gasteiger partial charge in [0.05, 0.1) is 10.5 Å². The lowest BCUT2D eigenvalue weighted by Crippen LogP contribution is -2.54. The standard InChI is InChI=1S/C13H21Br2N3O/c1-8-4-3-5-9(2)18(8)17-11(7-16)12-6-10(14)13(15)19-12/h6,8-9,11,17H,3-5,7,16H2,1-2H3. The van der Waals surface area contributed by atoms with Gasteiger partial charge in [-0.3, -0.25) is 0 Å². The van der Waals surface area contributed by atoms with Crippen LogP contribution in [0.4, 0.5) is 0 Å². The van der Waals surface area contributed by atoms with Crippen LogP contribution in [-0.4, -0.2) is 23.6 Å². The third-order valence-corrected chi connectivity index (χ3v) is 5.45. The molecule has 1 saturated heterocycles. The first-order valence-corrected chi connectivity index (χ1v) is 8.30.